The Balaban J connectivity index is 0.998. The van der Waals surface area contributed by atoms with Crippen LogP contribution in [0.25, 0.3) is 82.3 Å². The van der Waals surface area contributed by atoms with Crippen molar-refractivity contribution in [3.05, 3.63) is 216 Å². The lowest BCUT2D eigenvalue weighted by Crippen LogP contribution is -2.25. The number of nitrogens with zero attached hydrogens (tertiary/aromatic N) is 3. The Morgan fingerprint density at radius 1 is 0.443 bits per heavy atom. The Hall–Kier alpha value is -7.69. The fourth-order valence-corrected chi connectivity index (χ4v) is 10.6. The Labute approximate surface area is 353 Å². The molecule has 0 spiro atoms. The molecule has 1 aliphatic carbocycles. The first-order chi connectivity index (χ1) is 30.0. The summed E-state index contributed by atoms with van der Waals surface area (Å²) in [5.41, 5.74) is 16.9. The molecule has 0 amide bonds. The number of aromatic nitrogens is 2. The molecule has 2 aromatic heterocycles. The largest absolute Gasteiger partial charge is 0.359 e. The molecule has 0 bridgehead atoms. The van der Waals surface area contributed by atoms with Crippen LogP contribution in [0, 0.1) is 0 Å². The first-order valence-corrected chi connectivity index (χ1v) is 21.2. The van der Waals surface area contributed by atoms with Crippen molar-refractivity contribution in [2.24, 2.45) is 4.99 Å². The van der Waals surface area contributed by atoms with E-state index in [0.29, 0.717) is 0 Å². The van der Waals surface area contributed by atoms with Gasteiger partial charge in [0.1, 0.15) is 12.0 Å². The molecule has 0 radical (unpaired) electrons. The van der Waals surface area contributed by atoms with Crippen LogP contribution in [0.3, 0.4) is 0 Å². The molecule has 2 aliphatic rings. The molecular formula is C57H40N4. The van der Waals surface area contributed by atoms with Gasteiger partial charge in [0.15, 0.2) is 0 Å². The van der Waals surface area contributed by atoms with Gasteiger partial charge in [-0.3, -0.25) is 4.57 Å². The van der Waals surface area contributed by atoms with Crippen molar-refractivity contribution in [2.75, 3.05) is 5.32 Å². The van der Waals surface area contributed by atoms with Crippen LogP contribution in [0.15, 0.2) is 199 Å². The van der Waals surface area contributed by atoms with E-state index in [1.807, 2.05) is 0 Å². The molecule has 0 saturated carbocycles. The number of hydrogen-bond acceptors (Lipinski definition) is 2. The molecule has 9 aromatic carbocycles. The van der Waals surface area contributed by atoms with E-state index >= 15 is 0 Å². The number of para-hydroxylation sites is 3. The Morgan fingerprint density at radius 3 is 1.77 bits per heavy atom. The summed E-state index contributed by atoms with van der Waals surface area (Å²) in [4.78, 5) is 5.70. The molecule has 3 heterocycles. The predicted octanol–water partition coefficient (Wildman–Crippen LogP) is 14.4. The van der Waals surface area contributed by atoms with E-state index in [0.717, 1.165) is 33.7 Å². The summed E-state index contributed by atoms with van der Waals surface area (Å²) >= 11 is 0. The second kappa shape index (κ2) is 12.7. The minimum Gasteiger partial charge on any atom is -0.359 e. The average molecular weight is 781 g/mol. The van der Waals surface area contributed by atoms with Gasteiger partial charge in [0.05, 0.1) is 27.8 Å². The molecule has 1 atom stereocenters. The number of benzene rings is 9. The van der Waals surface area contributed by atoms with Gasteiger partial charge in [-0.15, -0.1) is 0 Å². The number of fused-ring (bicyclic) bond motifs is 12. The molecule has 1 unspecified atom stereocenters. The third kappa shape index (κ3) is 4.90. The number of nitrogens with one attached hydrogen (secondary N) is 1. The highest BCUT2D eigenvalue weighted by Crippen LogP contribution is 2.50. The highest BCUT2D eigenvalue weighted by atomic mass is 15.2. The maximum atomic E-state index is 5.70. The maximum absolute atomic E-state index is 5.70. The van der Waals surface area contributed by atoms with Gasteiger partial charge in [-0.2, -0.15) is 0 Å². The van der Waals surface area contributed by atoms with E-state index in [1.165, 1.54) is 82.4 Å². The summed E-state index contributed by atoms with van der Waals surface area (Å²) < 4.78 is 4.78. The van der Waals surface area contributed by atoms with Crippen LogP contribution in [0.4, 0.5) is 5.69 Å². The van der Waals surface area contributed by atoms with Crippen molar-refractivity contribution in [3.63, 3.8) is 0 Å². The van der Waals surface area contributed by atoms with Crippen molar-refractivity contribution in [1.29, 1.82) is 0 Å². The van der Waals surface area contributed by atoms with Crippen LogP contribution in [0.1, 0.15) is 42.3 Å². The molecule has 0 saturated heterocycles. The standard InChI is InChI=1S/C57H40N4/c1-57(2)48-21-11-8-18-41(48)42-28-25-38(34-49(42)57)55-58-54-40-17-7-6-14-35(40)24-29-45(54)56(59-55)61-51-23-13-10-20-44(51)47-33-37(27-31-53(47)61)36-26-30-52-46(32-36)43-19-9-12-22-50(43)60(52)39-15-4-3-5-16-39/h3-34,55,58H,1-2H3. The molecule has 13 rings (SSSR count). The van der Waals surface area contributed by atoms with Crippen molar-refractivity contribution in [2.45, 2.75) is 25.4 Å². The molecule has 11 aromatic rings. The Kier molecular flexibility index (Phi) is 7.10. The minimum absolute atomic E-state index is 0.109. The summed E-state index contributed by atoms with van der Waals surface area (Å²) in [6.45, 7) is 4.70. The first-order valence-electron chi connectivity index (χ1n) is 21.2. The van der Waals surface area contributed by atoms with E-state index in [2.05, 4.69) is 222 Å². The number of anilines is 1. The highest BCUT2D eigenvalue weighted by Gasteiger charge is 2.36. The first kappa shape index (κ1) is 34.2. The second-order valence-electron chi connectivity index (χ2n) is 17.2. The van der Waals surface area contributed by atoms with Gasteiger partial charge in [-0.25, -0.2) is 4.99 Å². The summed E-state index contributed by atoms with van der Waals surface area (Å²) in [6, 6.07) is 71.1. The zero-order valence-electron chi connectivity index (χ0n) is 33.9. The lowest BCUT2D eigenvalue weighted by Gasteiger charge is -2.29. The molecule has 0 fully saturated rings. The van der Waals surface area contributed by atoms with Gasteiger partial charge in [-0.1, -0.05) is 153 Å². The Morgan fingerprint density at radius 2 is 1.02 bits per heavy atom. The van der Waals surface area contributed by atoms with Gasteiger partial charge in [-0.05, 0) is 98.9 Å². The van der Waals surface area contributed by atoms with E-state index in [-0.39, 0.29) is 11.6 Å². The van der Waals surface area contributed by atoms with Gasteiger partial charge >= 0.3 is 0 Å². The summed E-state index contributed by atoms with van der Waals surface area (Å²) in [6.07, 6.45) is -0.293. The topological polar surface area (TPSA) is 34.2 Å². The van der Waals surface area contributed by atoms with E-state index in [1.54, 1.807) is 0 Å². The van der Waals surface area contributed by atoms with E-state index in [4.69, 9.17) is 4.99 Å². The Bertz CT molecular complexity index is 3660. The lowest BCUT2D eigenvalue weighted by atomic mass is 9.82. The van der Waals surface area contributed by atoms with Crippen LogP contribution in [-0.4, -0.2) is 15.0 Å². The van der Waals surface area contributed by atoms with E-state index in [9.17, 15) is 0 Å². The van der Waals surface area contributed by atoms with Crippen molar-refractivity contribution >= 4 is 65.9 Å². The maximum Gasteiger partial charge on any atom is 0.147 e. The minimum atomic E-state index is -0.293. The normalized spacial score (nSPS) is 15.2. The zero-order chi connectivity index (χ0) is 40.4. The molecule has 288 valence electrons. The number of aliphatic imine (C=N–C) groups is 1. The van der Waals surface area contributed by atoms with Crippen LogP contribution in [0.2, 0.25) is 0 Å². The van der Waals surface area contributed by atoms with Gasteiger partial charge in [0.25, 0.3) is 0 Å². The molecule has 61 heavy (non-hydrogen) atoms. The van der Waals surface area contributed by atoms with Gasteiger partial charge < -0.3 is 9.88 Å². The van der Waals surface area contributed by atoms with Gasteiger partial charge in [0.2, 0.25) is 0 Å². The zero-order valence-corrected chi connectivity index (χ0v) is 33.9. The quantitative estimate of drug-likeness (QED) is 0.190. The SMILES string of the molecule is CC1(C)c2ccccc2-c2ccc(C3N=C(n4c5ccccc5c5cc(-c6ccc7c(c6)c6ccccc6n7-c6ccccc6)ccc54)c4ccc5ccccc5c4N3)cc21. The van der Waals surface area contributed by atoms with Crippen molar-refractivity contribution < 1.29 is 0 Å². The number of rotatable bonds is 3. The second-order valence-corrected chi connectivity index (χ2v) is 17.2. The summed E-state index contributed by atoms with van der Waals surface area (Å²) in [7, 11) is 0. The van der Waals surface area contributed by atoms with Crippen molar-refractivity contribution in [1.82, 2.24) is 9.13 Å². The monoisotopic (exact) mass is 780 g/mol. The van der Waals surface area contributed by atoms with Crippen LogP contribution in [-0.2, 0) is 5.41 Å². The average Bonchev–Trinajstić information content (AvgIpc) is 3.91. The van der Waals surface area contributed by atoms with E-state index < -0.39 is 0 Å². The third-order valence-electron chi connectivity index (χ3n) is 13.5. The number of hydrogen-bond donors (Lipinski definition) is 1. The smallest absolute Gasteiger partial charge is 0.147 e. The van der Waals surface area contributed by atoms with Crippen LogP contribution >= 0.6 is 0 Å². The summed E-state index contributed by atoms with van der Waals surface area (Å²) in [5, 5.41) is 11.3. The predicted molar refractivity (Wildman–Crippen MR) is 255 cm³/mol. The third-order valence-corrected chi connectivity index (χ3v) is 13.5. The fourth-order valence-electron chi connectivity index (χ4n) is 10.6. The van der Waals surface area contributed by atoms with Crippen molar-refractivity contribution in [3.8, 4) is 27.9 Å². The molecule has 1 aliphatic heterocycles. The highest BCUT2D eigenvalue weighted by molar-refractivity contribution is 6.22. The lowest BCUT2D eigenvalue weighted by molar-refractivity contribution is 0.657. The molecule has 4 nitrogen and oxygen atoms in total. The van der Waals surface area contributed by atoms with Crippen LogP contribution in [0.5, 0.6) is 0 Å². The van der Waals surface area contributed by atoms with Gasteiger partial charge in [0, 0.05) is 43.6 Å². The molecule has 1 N–H and O–H groups in total. The van der Waals surface area contributed by atoms with Crippen LogP contribution < -0.4 is 5.32 Å². The summed E-state index contributed by atoms with van der Waals surface area (Å²) in [5.74, 6) is 0.946. The molecule has 4 heteroatoms. The fraction of sp³-hybridized carbons (Fsp3) is 0.0702. The molecular weight excluding hydrogens is 741 g/mol.